The summed E-state index contributed by atoms with van der Waals surface area (Å²) < 4.78 is 5.25. The maximum atomic E-state index is 11.9. The first-order valence-electron chi connectivity index (χ1n) is 6.27. The van der Waals surface area contributed by atoms with E-state index in [9.17, 15) is 9.59 Å². The number of hydrogen-bond acceptors (Lipinski definition) is 3. The average Bonchev–Trinajstić information content (AvgIpc) is 2.93. The lowest BCUT2D eigenvalue weighted by Crippen LogP contribution is -2.39. The molecule has 0 unspecified atom stereocenters. The highest BCUT2D eigenvalue weighted by atomic mass is 16.6. The molecule has 94 valence electrons. The van der Waals surface area contributed by atoms with Gasteiger partial charge in [-0.1, -0.05) is 30.3 Å². The molecule has 2 atom stereocenters. The van der Waals surface area contributed by atoms with Crippen LogP contribution in [0.1, 0.15) is 18.4 Å². The standard InChI is InChI=1S/C14H15NO3/c16-13-11-6-7-12(13)15(8-11)14(17)18-9-10-4-2-1-3-5-10/h1-5,11-12H,6-9H2/t11-,12+/m0/s1. The van der Waals surface area contributed by atoms with E-state index in [1.165, 1.54) is 0 Å². The van der Waals surface area contributed by atoms with Gasteiger partial charge in [0.05, 0.1) is 6.04 Å². The van der Waals surface area contributed by atoms with Crippen molar-refractivity contribution < 1.29 is 14.3 Å². The number of likely N-dealkylation sites (tertiary alicyclic amines) is 1. The summed E-state index contributed by atoms with van der Waals surface area (Å²) in [5, 5.41) is 0. The van der Waals surface area contributed by atoms with Gasteiger partial charge in [0.25, 0.3) is 0 Å². The predicted octanol–water partition coefficient (Wildman–Crippen LogP) is 1.99. The number of Topliss-reactive ketones (excluding diaryl/α,β-unsaturated/α-hetero) is 1. The monoisotopic (exact) mass is 245 g/mol. The SMILES string of the molecule is O=C1[C@H]2CC[C@H]1N(C(=O)OCc1ccccc1)C2. The molecular weight excluding hydrogens is 230 g/mol. The highest BCUT2D eigenvalue weighted by Crippen LogP contribution is 2.34. The fraction of sp³-hybridized carbons (Fsp3) is 0.429. The van der Waals surface area contributed by atoms with Crippen LogP contribution in [0, 0.1) is 5.92 Å². The van der Waals surface area contributed by atoms with E-state index < -0.39 is 0 Å². The Labute approximate surface area is 106 Å². The molecule has 1 aliphatic heterocycles. The van der Waals surface area contributed by atoms with Crippen molar-refractivity contribution in [3.63, 3.8) is 0 Å². The predicted molar refractivity (Wildman–Crippen MR) is 64.9 cm³/mol. The van der Waals surface area contributed by atoms with Crippen molar-refractivity contribution in [1.29, 1.82) is 0 Å². The molecule has 1 aliphatic carbocycles. The third-order valence-electron chi connectivity index (χ3n) is 3.75. The summed E-state index contributed by atoms with van der Waals surface area (Å²) in [7, 11) is 0. The Kier molecular flexibility index (Phi) is 2.78. The minimum atomic E-state index is -0.362. The van der Waals surface area contributed by atoms with Crippen LogP contribution in [-0.4, -0.2) is 29.4 Å². The zero-order valence-corrected chi connectivity index (χ0v) is 10.0. The van der Waals surface area contributed by atoms with E-state index in [1.54, 1.807) is 4.90 Å². The van der Waals surface area contributed by atoms with Gasteiger partial charge < -0.3 is 4.74 Å². The zero-order valence-electron chi connectivity index (χ0n) is 10.0. The first kappa shape index (κ1) is 11.3. The topological polar surface area (TPSA) is 46.6 Å². The van der Waals surface area contributed by atoms with Crippen LogP contribution in [0.3, 0.4) is 0 Å². The van der Waals surface area contributed by atoms with E-state index in [0.717, 1.165) is 18.4 Å². The van der Waals surface area contributed by atoms with Gasteiger partial charge in [-0.2, -0.15) is 0 Å². The maximum absolute atomic E-state index is 11.9. The molecule has 18 heavy (non-hydrogen) atoms. The van der Waals surface area contributed by atoms with Crippen LogP contribution in [0.5, 0.6) is 0 Å². The van der Waals surface area contributed by atoms with Gasteiger partial charge in [0.15, 0.2) is 5.78 Å². The van der Waals surface area contributed by atoms with Crippen LogP contribution in [-0.2, 0) is 16.1 Å². The molecule has 1 saturated heterocycles. The van der Waals surface area contributed by atoms with Crippen molar-refractivity contribution in [3.05, 3.63) is 35.9 Å². The molecule has 1 amide bonds. The number of carbonyl (C=O) groups excluding carboxylic acids is 2. The van der Waals surface area contributed by atoms with E-state index in [-0.39, 0.29) is 30.4 Å². The lowest BCUT2D eigenvalue weighted by Gasteiger charge is -2.24. The smallest absolute Gasteiger partial charge is 0.410 e. The van der Waals surface area contributed by atoms with E-state index >= 15 is 0 Å². The van der Waals surface area contributed by atoms with Gasteiger partial charge in [-0.05, 0) is 18.4 Å². The fourth-order valence-corrected chi connectivity index (χ4v) is 2.78. The number of carbonyl (C=O) groups is 2. The summed E-state index contributed by atoms with van der Waals surface area (Å²) in [6.07, 6.45) is 1.36. The van der Waals surface area contributed by atoms with Crippen molar-refractivity contribution in [2.75, 3.05) is 6.54 Å². The van der Waals surface area contributed by atoms with E-state index in [2.05, 4.69) is 0 Å². The molecule has 4 nitrogen and oxygen atoms in total. The Balaban J connectivity index is 1.58. The Hall–Kier alpha value is -1.84. The van der Waals surface area contributed by atoms with E-state index in [4.69, 9.17) is 4.74 Å². The number of amides is 1. The fourth-order valence-electron chi connectivity index (χ4n) is 2.78. The minimum absolute atomic E-state index is 0.0549. The lowest BCUT2D eigenvalue weighted by molar-refractivity contribution is -0.120. The van der Waals surface area contributed by atoms with E-state index in [1.807, 2.05) is 30.3 Å². The summed E-state index contributed by atoms with van der Waals surface area (Å²) in [4.78, 5) is 25.2. The largest absolute Gasteiger partial charge is 0.445 e. The Bertz CT molecular complexity index is 471. The average molecular weight is 245 g/mol. The van der Waals surface area contributed by atoms with Gasteiger partial charge in [-0.25, -0.2) is 4.79 Å². The van der Waals surface area contributed by atoms with Crippen LogP contribution in [0.15, 0.2) is 30.3 Å². The number of ketones is 1. The maximum Gasteiger partial charge on any atom is 0.410 e. The van der Waals surface area contributed by atoms with Gasteiger partial charge in [-0.3, -0.25) is 9.69 Å². The molecule has 4 heteroatoms. The summed E-state index contributed by atoms with van der Waals surface area (Å²) in [5.74, 6) is 0.269. The molecule has 2 bridgehead atoms. The van der Waals surface area contributed by atoms with Crippen molar-refractivity contribution >= 4 is 11.9 Å². The summed E-state index contributed by atoms with van der Waals surface area (Å²) in [6.45, 7) is 0.804. The van der Waals surface area contributed by atoms with Crippen molar-refractivity contribution in [3.8, 4) is 0 Å². The quantitative estimate of drug-likeness (QED) is 0.800. The number of hydrogen-bond donors (Lipinski definition) is 0. The van der Waals surface area contributed by atoms with Gasteiger partial charge in [0.1, 0.15) is 6.61 Å². The van der Waals surface area contributed by atoms with Crippen LogP contribution in [0.2, 0.25) is 0 Å². The minimum Gasteiger partial charge on any atom is -0.445 e. The molecule has 0 aromatic heterocycles. The number of fused-ring (bicyclic) bond motifs is 2. The molecule has 2 aliphatic rings. The highest BCUT2D eigenvalue weighted by Gasteiger charge is 2.48. The van der Waals surface area contributed by atoms with Gasteiger partial charge >= 0.3 is 6.09 Å². The second-order valence-electron chi connectivity index (χ2n) is 4.88. The number of piperidine rings is 1. The van der Waals surface area contributed by atoms with Gasteiger partial charge in [0, 0.05) is 12.5 Å². The van der Waals surface area contributed by atoms with Gasteiger partial charge in [-0.15, -0.1) is 0 Å². The van der Waals surface area contributed by atoms with E-state index in [0.29, 0.717) is 6.54 Å². The van der Waals surface area contributed by atoms with Crippen LogP contribution < -0.4 is 0 Å². The third-order valence-corrected chi connectivity index (χ3v) is 3.75. The molecule has 0 spiro atoms. The lowest BCUT2D eigenvalue weighted by atomic mass is 10.1. The normalized spacial score (nSPS) is 25.6. The third kappa shape index (κ3) is 1.88. The first-order chi connectivity index (χ1) is 8.75. The number of benzene rings is 1. The Morgan fingerprint density at radius 3 is 2.67 bits per heavy atom. The highest BCUT2D eigenvalue weighted by molar-refractivity contribution is 5.94. The molecular formula is C14H15NO3. The molecule has 1 saturated carbocycles. The van der Waals surface area contributed by atoms with Crippen LogP contribution in [0.4, 0.5) is 4.79 Å². The molecule has 0 radical (unpaired) electrons. The van der Waals surface area contributed by atoms with Crippen molar-refractivity contribution in [2.45, 2.75) is 25.5 Å². The molecule has 2 fully saturated rings. The number of rotatable bonds is 2. The van der Waals surface area contributed by atoms with Gasteiger partial charge in [0.2, 0.25) is 0 Å². The molecule has 1 aromatic rings. The molecule has 1 aromatic carbocycles. The second kappa shape index (κ2) is 4.44. The van der Waals surface area contributed by atoms with Crippen molar-refractivity contribution in [2.24, 2.45) is 5.92 Å². The van der Waals surface area contributed by atoms with Crippen LogP contribution >= 0.6 is 0 Å². The Morgan fingerprint density at radius 2 is 2.06 bits per heavy atom. The molecule has 3 rings (SSSR count). The summed E-state index contributed by atoms with van der Waals surface area (Å²) in [5.41, 5.74) is 0.960. The van der Waals surface area contributed by atoms with Crippen molar-refractivity contribution in [1.82, 2.24) is 4.90 Å². The summed E-state index contributed by atoms with van der Waals surface area (Å²) in [6, 6.07) is 9.33. The molecule has 1 heterocycles. The van der Waals surface area contributed by atoms with Crippen LogP contribution in [0.25, 0.3) is 0 Å². The zero-order chi connectivity index (χ0) is 12.5. The number of ether oxygens (including phenoxy) is 1. The summed E-state index contributed by atoms with van der Waals surface area (Å²) >= 11 is 0. The number of nitrogens with zero attached hydrogens (tertiary/aromatic N) is 1. The first-order valence-corrected chi connectivity index (χ1v) is 6.27. The second-order valence-corrected chi connectivity index (χ2v) is 4.88. The molecule has 0 N–H and O–H groups in total. The Morgan fingerprint density at radius 1 is 1.28 bits per heavy atom.